The SMILES string of the molecule is C=C(C)C#C[B-](c1c(F)c(F)c(F)c(F)c1F)(c1c(F)c(F)c(F)c(F)c1F)[C@@H]1CCC[C@@H]1[NH+]1CCCCC1. The van der Waals surface area contributed by atoms with E-state index in [1.54, 1.807) is 0 Å². The van der Waals surface area contributed by atoms with Gasteiger partial charge in [0, 0.05) is 0 Å². The van der Waals surface area contributed by atoms with E-state index in [2.05, 4.69) is 18.3 Å². The Balaban J connectivity index is 2.23. The van der Waals surface area contributed by atoms with Gasteiger partial charge in [0.25, 0.3) is 0 Å². The summed E-state index contributed by atoms with van der Waals surface area (Å²) in [6, 6.07) is -0.672. The summed E-state index contributed by atoms with van der Waals surface area (Å²) in [4.78, 5) is 0.847. The highest BCUT2D eigenvalue weighted by molar-refractivity contribution is 7.09. The number of allylic oxidation sites excluding steroid dienone is 1. The lowest BCUT2D eigenvalue weighted by Crippen LogP contribution is -3.17. The van der Waals surface area contributed by atoms with Crippen LogP contribution in [0.4, 0.5) is 43.9 Å². The number of hydrogen-bond donors (Lipinski definition) is 1. The molecule has 2 aromatic rings. The maximum Gasteiger partial charge on any atom is 0.200 e. The van der Waals surface area contributed by atoms with Gasteiger partial charge in [-0.3, -0.25) is 5.82 Å². The van der Waals surface area contributed by atoms with Gasteiger partial charge in [-0.05, 0) is 38.2 Å². The van der Waals surface area contributed by atoms with E-state index < -0.39 is 87.1 Å². The van der Waals surface area contributed by atoms with Crippen LogP contribution in [-0.4, -0.2) is 25.3 Å². The molecule has 0 bridgehead atoms. The molecule has 4 rings (SSSR count). The van der Waals surface area contributed by atoms with Crippen LogP contribution in [0.1, 0.15) is 45.4 Å². The second kappa shape index (κ2) is 10.9. The van der Waals surface area contributed by atoms with Crippen LogP contribution in [0.25, 0.3) is 0 Å². The van der Waals surface area contributed by atoms with Crippen molar-refractivity contribution in [1.82, 2.24) is 0 Å². The third-order valence-electron chi connectivity index (χ3n) is 8.14. The molecule has 2 fully saturated rings. The normalized spacial score (nSPS) is 20.2. The molecular formula is C27H24BF10N. The van der Waals surface area contributed by atoms with Crippen molar-refractivity contribution in [3.63, 3.8) is 0 Å². The van der Waals surface area contributed by atoms with Gasteiger partial charge in [0.2, 0.25) is 0 Å². The molecule has 0 spiro atoms. The maximum absolute atomic E-state index is 15.6. The number of quaternary nitrogens is 1. The molecule has 210 valence electrons. The molecule has 1 N–H and O–H groups in total. The van der Waals surface area contributed by atoms with Gasteiger partial charge in [0.15, 0.2) is 34.9 Å². The monoisotopic (exact) mass is 563 g/mol. The Morgan fingerprint density at radius 3 is 1.46 bits per heavy atom. The van der Waals surface area contributed by atoms with E-state index in [1.165, 1.54) is 6.92 Å². The fraction of sp³-hybridized carbons (Fsp3) is 0.407. The van der Waals surface area contributed by atoms with Crippen molar-refractivity contribution in [3.05, 3.63) is 70.3 Å². The van der Waals surface area contributed by atoms with Gasteiger partial charge in [-0.15, -0.1) is 16.8 Å². The molecule has 1 heterocycles. The van der Waals surface area contributed by atoms with Crippen LogP contribution in [0.5, 0.6) is 0 Å². The van der Waals surface area contributed by atoms with Crippen molar-refractivity contribution in [3.8, 4) is 11.7 Å². The number of nitrogens with one attached hydrogen (secondary N) is 1. The predicted octanol–water partition coefficient (Wildman–Crippen LogP) is 4.75. The summed E-state index contributed by atoms with van der Waals surface area (Å²) in [6.45, 7) is 5.88. The van der Waals surface area contributed by atoms with E-state index in [0.717, 1.165) is 24.2 Å². The van der Waals surface area contributed by atoms with Crippen molar-refractivity contribution < 1.29 is 48.8 Å². The summed E-state index contributed by atoms with van der Waals surface area (Å²) in [5, 5.41) is 0. The first-order chi connectivity index (χ1) is 18.4. The van der Waals surface area contributed by atoms with E-state index in [1.807, 2.05) is 0 Å². The molecule has 2 atom stereocenters. The lowest BCUT2D eigenvalue weighted by atomic mass is 9.12. The van der Waals surface area contributed by atoms with Gasteiger partial charge >= 0.3 is 0 Å². The average molecular weight is 563 g/mol. The highest BCUT2D eigenvalue weighted by Crippen LogP contribution is 2.40. The van der Waals surface area contributed by atoms with Crippen LogP contribution in [0.3, 0.4) is 0 Å². The van der Waals surface area contributed by atoms with Crippen LogP contribution in [0, 0.1) is 69.9 Å². The largest absolute Gasteiger partial charge is 0.335 e. The number of likely N-dealkylation sites (tertiary alicyclic amines) is 1. The molecule has 0 aromatic heterocycles. The molecule has 1 aliphatic heterocycles. The summed E-state index contributed by atoms with van der Waals surface area (Å²) < 4.78 is 149. The van der Waals surface area contributed by atoms with Crippen molar-refractivity contribution in [1.29, 1.82) is 0 Å². The molecule has 0 amide bonds. The Hall–Kier alpha value is -2.94. The minimum atomic E-state index is -4.17. The molecule has 1 nitrogen and oxygen atoms in total. The van der Waals surface area contributed by atoms with E-state index >= 15 is 17.6 Å². The Labute approximate surface area is 218 Å². The van der Waals surface area contributed by atoms with E-state index in [4.69, 9.17) is 0 Å². The van der Waals surface area contributed by atoms with Gasteiger partial charge in [-0.25, -0.2) is 43.9 Å². The highest BCUT2D eigenvalue weighted by atomic mass is 19.2. The Kier molecular flexibility index (Phi) is 8.13. The Morgan fingerprint density at radius 2 is 1.05 bits per heavy atom. The zero-order valence-corrected chi connectivity index (χ0v) is 20.9. The highest BCUT2D eigenvalue weighted by Gasteiger charge is 2.52. The number of hydrogen-bond acceptors (Lipinski definition) is 0. The fourth-order valence-corrected chi connectivity index (χ4v) is 6.57. The Bertz CT molecular complexity index is 1260. The summed E-state index contributed by atoms with van der Waals surface area (Å²) >= 11 is 0. The van der Waals surface area contributed by atoms with Gasteiger partial charge in [0.1, 0.15) is 29.4 Å². The van der Waals surface area contributed by atoms with Crippen molar-refractivity contribution in [2.24, 2.45) is 0 Å². The smallest absolute Gasteiger partial charge is 0.200 e. The standard InChI is InChI=1S/C27H23BF10N/c1-13(2)9-10-28(16-18(29)22(33)26(37)23(34)19(16)30,17-20(31)24(35)27(38)25(36)21(17)32)14-7-6-8-15(14)39-11-4-3-5-12-39/h14-15H,1,3-8,11-12H2,2H3/q-1/p+1/t14-,15+/m1/s1. The zero-order valence-electron chi connectivity index (χ0n) is 20.9. The molecule has 39 heavy (non-hydrogen) atoms. The molecular weight excluding hydrogens is 539 g/mol. The molecule has 1 aliphatic carbocycles. The van der Waals surface area contributed by atoms with Crippen molar-refractivity contribution in [2.45, 2.75) is 57.3 Å². The second-order valence-electron chi connectivity index (χ2n) is 10.4. The van der Waals surface area contributed by atoms with Gasteiger partial charge < -0.3 is 4.90 Å². The second-order valence-corrected chi connectivity index (χ2v) is 10.4. The van der Waals surface area contributed by atoms with Gasteiger partial charge in [-0.2, -0.15) is 0 Å². The number of benzene rings is 2. The molecule has 2 aromatic carbocycles. The number of rotatable bonds is 4. The number of halogens is 10. The van der Waals surface area contributed by atoms with Crippen LogP contribution in [0.2, 0.25) is 5.82 Å². The molecule has 12 heteroatoms. The van der Waals surface area contributed by atoms with Gasteiger partial charge in [0.05, 0.1) is 19.1 Å². The zero-order chi connectivity index (χ0) is 28.8. The molecule has 0 unspecified atom stereocenters. The topological polar surface area (TPSA) is 4.44 Å². The summed E-state index contributed by atoms with van der Waals surface area (Å²) in [5.74, 6) is -21.2. The third-order valence-corrected chi connectivity index (χ3v) is 8.14. The van der Waals surface area contributed by atoms with Gasteiger partial charge in [-0.1, -0.05) is 25.2 Å². The van der Waals surface area contributed by atoms with E-state index in [9.17, 15) is 26.3 Å². The fourth-order valence-electron chi connectivity index (χ4n) is 6.57. The maximum atomic E-state index is 15.6. The lowest BCUT2D eigenvalue weighted by molar-refractivity contribution is -0.929. The van der Waals surface area contributed by atoms with Crippen LogP contribution < -0.4 is 15.8 Å². The lowest BCUT2D eigenvalue weighted by Gasteiger charge is -2.47. The van der Waals surface area contributed by atoms with Crippen LogP contribution in [0.15, 0.2) is 12.2 Å². The Morgan fingerprint density at radius 1 is 0.641 bits per heavy atom. The third kappa shape index (κ3) is 4.62. The first kappa shape index (κ1) is 29.1. The van der Waals surface area contributed by atoms with Crippen molar-refractivity contribution in [2.75, 3.05) is 13.1 Å². The van der Waals surface area contributed by atoms with E-state index in [0.29, 0.717) is 25.9 Å². The summed E-state index contributed by atoms with van der Waals surface area (Å²) in [5.41, 5.74) is -3.43. The van der Waals surface area contributed by atoms with Crippen molar-refractivity contribution >= 4 is 17.1 Å². The average Bonchev–Trinajstić information content (AvgIpc) is 3.42. The number of piperidine rings is 1. The quantitative estimate of drug-likeness (QED) is 0.180. The first-order valence-corrected chi connectivity index (χ1v) is 12.6. The predicted molar refractivity (Wildman–Crippen MR) is 126 cm³/mol. The molecule has 1 saturated carbocycles. The minimum absolute atomic E-state index is 0.0335. The van der Waals surface area contributed by atoms with E-state index in [-0.39, 0.29) is 12.0 Å². The summed E-state index contributed by atoms with van der Waals surface area (Å²) in [7, 11) is 0. The first-order valence-electron chi connectivity index (χ1n) is 12.6. The van der Waals surface area contributed by atoms with Crippen LogP contribution >= 0.6 is 0 Å². The molecule has 2 aliphatic rings. The molecule has 0 radical (unpaired) electrons. The molecule has 1 saturated heterocycles. The summed E-state index contributed by atoms with van der Waals surface area (Å²) in [6.07, 6.45) is -1.26. The van der Waals surface area contributed by atoms with Crippen LogP contribution in [-0.2, 0) is 0 Å². The minimum Gasteiger partial charge on any atom is -0.335 e.